The van der Waals surface area contributed by atoms with Crippen molar-refractivity contribution in [1.82, 2.24) is 20.1 Å². The quantitative estimate of drug-likeness (QED) is 0.718. The molecule has 0 radical (unpaired) electrons. The van der Waals surface area contributed by atoms with Gasteiger partial charge in [0.25, 0.3) is 5.91 Å². The third-order valence-corrected chi connectivity index (χ3v) is 6.78. The highest BCUT2D eigenvalue weighted by atomic mass is 16.6. The van der Waals surface area contributed by atoms with Gasteiger partial charge in [-0.2, -0.15) is 0 Å². The van der Waals surface area contributed by atoms with Gasteiger partial charge in [0.2, 0.25) is 11.5 Å². The highest BCUT2D eigenvalue weighted by Gasteiger charge is 2.58. The summed E-state index contributed by atoms with van der Waals surface area (Å²) < 4.78 is 5.64. The van der Waals surface area contributed by atoms with Crippen LogP contribution in [0.5, 0.6) is 0 Å². The van der Waals surface area contributed by atoms with Gasteiger partial charge in [-0.1, -0.05) is 12.1 Å². The Balaban J connectivity index is 1.34. The number of hydrogen-bond donors (Lipinski definition) is 2. The Labute approximate surface area is 196 Å². The van der Waals surface area contributed by atoms with E-state index in [1.807, 2.05) is 12.1 Å². The van der Waals surface area contributed by atoms with E-state index in [1.54, 1.807) is 35.5 Å². The first-order chi connectivity index (χ1) is 16.4. The average molecular weight is 463 g/mol. The fourth-order valence-electron chi connectivity index (χ4n) is 5.14. The molecule has 2 fully saturated rings. The lowest BCUT2D eigenvalue weighted by Crippen LogP contribution is -2.44. The van der Waals surface area contributed by atoms with Crippen molar-refractivity contribution in [3.63, 3.8) is 0 Å². The van der Waals surface area contributed by atoms with Crippen LogP contribution in [0.4, 0.5) is 15.3 Å². The van der Waals surface area contributed by atoms with Gasteiger partial charge in [0, 0.05) is 43.7 Å². The number of ether oxygens (including phenoxy) is 1. The van der Waals surface area contributed by atoms with E-state index in [2.05, 4.69) is 15.6 Å². The van der Waals surface area contributed by atoms with Crippen LogP contribution in [0.15, 0.2) is 42.7 Å². The Morgan fingerprint density at radius 3 is 2.88 bits per heavy atom. The Kier molecular flexibility index (Phi) is 5.43. The summed E-state index contributed by atoms with van der Waals surface area (Å²) in [6, 6.07) is 8.42. The van der Waals surface area contributed by atoms with Gasteiger partial charge in [-0.15, -0.1) is 0 Å². The maximum absolute atomic E-state index is 13.4. The summed E-state index contributed by atoms with van der Waals surface area (Å²) in [7, 11) is 1.52. The van der Waals surface area contributed by atoms with Crippen molar-refractivity contribution in [3.05, 3.63) is 59.4 Å². The highest BCUT2D eigenvalue weighted by molar-refractivity contribution is 6.06. The first kappa shape index (κ1) is 21.9. The third kappa shape index (κ3) is 3.55. The number of carbonyl (C=O) groups is 4. The van der Waals surface area contributed by atoms with Crippen LogP contribution in [0.1, 0.15) is 42.0 Å². The Bertz CT molecular complexity index is 1170. The lowest BCUT2D eigenvalue weighted by atomic mass is 9.94. The number of amides is 5. The van der Waals surface area contributed by atoms with Crippen LogP contribution in [0.2, 0.25) is 0 Å². The van der Waals surface area contributed by atoms with Crippen LogP contribution in [0.3, 0.4) is 0 Å². The molecule has 2 N–H and O–H groups in total. The van der Waals surface area contributed by atoms with Gasteiger partial charge in [-0.25, -0.2) is 14.5 Å². The molecule has 2 atom stereocenters. The minimum absolute atomic E-state index is 0.123. The van der Waals surface area contributed by atoms with E-state index in [1.165, 1.54) is 7.05 Å². The molecule has 1 aliphatic carbocycles. The lowest BCUT2D eigenvalue weighted by molar-refractivity contribution is -0.142. The number of aryl methyl sites for hydroxylation is 1. The van der Waals surface area contributed by atoms with Crippen molar-refractivity contribution in [2.45, 2.75) is 37.3 Å². The molecule has 1 spiro atoms. The first-order valence-corrected chi connectivity index (χ1v) is 11.3. The van der Waals surface area contributed by atoms with Crippen molar-refractivity contribution >= 4 is 29.6 Å². The molecule has 2 aliphatic heterocycles. The van der Waals surface area contributed by atoms with Gasteiger partial charge in [-0.3, -0.25) is 14.6 Å². The SMILES string of the molecule is CNC(=O)Nc1ccc2c(c1)CC[C@@]21OC(=O)N(CC(=O)N2CCC[C@H]2c2cccnc2)C1=O. The van der Waals surface area contributed by atoms with E-state index in [9.17, 15) is 19.2 Å². The number of nitrogens with zero attached hydrogens (tertiary/aromatic N) is 3. The number of likely N-dealkylation sites (tertiary alicyclic amines) is 1. The molecular weight excluding hydrogens is 438 g/mol. The van der Waals surface area contributed by atoms with Gasteiger partial charge in [0.1, 0.15) is 6.54 Å². The minimum Gasteiger partial charge on any atom is -0.427 e. The Morgan fingerprint density at radius 1 is 1.26 bits per heavy atom. The predicted octanol–water partition coefficient (Wildman–Crippen LogP) is 2.32. The molecule has 2 aromatic rings. The van der Waals surface area contributed by atoms with Crippen LogP contribution in [-0.2, 0) is 26.3 Å². The van der Waals surface area contributed by atoms with E-state index >= 15 is 0 Å². The molecule has 2 saturated heterocycles. The number of aromatic nitrogens is 1. The van der Waals surface area contributed by atoms with Crippen LogP contribution >= 0.6 is 0 Å². The van der Waals surface area contributed by atoms with Crippen molar-refractivity contribution in [2.24, 2.45) is 0 Å². The number of rotatable bonds is 4. The molecule has 1 aromatic carbocycles. The van der Waals surface area contributed by atoms with Gasteiger partial charge >= 0.3 is 12.1 Å². The second-order valence-electron chi connectivity index (χ2n) is 8.69. The van der Waals surface area contributed by atoms with Gasteiger partial charge < -0.3 is 20.3 Å². The number of imide groups is 1. The molecule has 5 amide bonds. The summed E-state index contributed by atoms with van der Waals surface area (Å²) in [4.78, 5) is 57.7. The van der Waals surface area contributed by atoms with Crippen LogP contribution < -0.4 is 10.6 Å². The van der Waals surface area contributed by atoms with Crippen molar-refractivity contribution in [1.29, 1.82) is 0 Å². The van der Waals surface area contributed by atoms with E-state index in [-0.39, 0.29) is 24.5 Å². The molecule has 0 unspecified atom stereocenters. The fraction of sp³-hybridized carbons (Fsp3) is 0.375. The van der Waals surface area contributed by atoms with E-state index < -0.39 is 17.6 Å². The van der Waals surface area contributed by atoms with Crippen LogP contribution in [0.25, 0.3) is 0 Å². The summed E-state index contributed by atoms with van der Waals surface area (Å²) >= 11 is 0. The molecule has 1 aromatic heterocycles. The van der Waals surface area contributed by atoms with E-state index in [0.29, 0.717) is 30.6 Å². The molecule has 10 heteroatoms. The van der Waals surface area contributed by atoms with Crippen molar-refractivity contribution in [2.75, 3.05) is 25.5 Å². The molecular formula is C24H25N5O5. The number of hydrogen-bond acceptors (Lipinski definition) is 6. The molecule has 34 heavy (non-hydrogen) atoms. The van der Waals surface area contributed by atoms with Crippen LogP contribution in [0, 0.1) is 0 Å². The fourth-order valence-corrected chi connectivity index (χ4v) is 5.14. The minimum atomic E-state index is -1.42. The molecule has 0 bridgehead atoms. The molecule has 3 aliphatic rings. The largest absolute Gasteiger partial charge is 0.427 e. The average Bonchev–Trinajstić information content (AvgIpc) is 3.53. The van der Waals surface area contributed by atoms with Gasteiger partial charge in [0.15, 0.2) is 0 Å². The molecule has 10 nitrogen and oxygen atoms in total. The molecule has 5 rings (SSSR count). The first-order valence-electron chi connectivity index (χ1n) is 11.3. The second kappa shape index (κ2) is 8.44. The van der Waals surface area contributed by atoms with Gasteiger partial charge in [-0.05, 0) is 48.6 Å². The summed E-state index contributed by atoms with van der Waals surface area (Å²) in [5.74, 6) is -0.814. The maximum Gasteiger partial charge on any atom is 0.418 e. The number of urea groups is 1. The maximum atomic E-state index is 13.4. The second-order valence-corrected chi connectivity index (χ2v) is 8.69. The van der Waals surface area contributed by atoms with E-state index in [0.717, 1.165) is 28.9 Å². The number of nitrogens with one attached hydrogen (secondary N) is 2. The Morgan fingerprint density at radius 2 is 2.12 bits per heavy atom. The third-order valence-electron chi connectivity index (χ3n) is 6.78. The summed E-state index contributed by atoms with van der Waals surface area (Å²) in [6.45, 7) is 0.201. The van der Waals surface area contributed by atoms with Crippen molar-refractivity contribution < 1.29 is 23.9 Å². The molecule has 176 valence electrons. The highest BCUT2D eigenvalue weighted by Crippen LogP contribution is 2.46. The van der Waals surface area contributed by atoms with E-state index in [4.69, 9.17) is 4.74 Å². The lowest BCUT2D eigenvalue weighted by Gasteiger charge is -2.26. The zero-order valence-electron chi connectivity index (χ0n) is 18.7. The number of fused-ring (bicyclic) bond motifs is 2. The number of carbonyl (C=O) groups excluding carboxylic acids is 4. The molecule has 0 saturated carbocycles. The predicted molar refractivity (Wildman–Crippen MR) is 121 cm³/mol. The summed E-state index contributed by atoms with van der Waals surface area (Å²) in [5, 5.41) is 5.18. The van der Waals surface area contributed by atoms with Gasteiger partial charge in [0.05, 0.1) is 6.04 Å². The monoisotopic (exact) mass is 463 g/mol. The standard InChI is InChI=1S/C24H25N5O5/c1-25-22(32)27-17-6-7-18-15(12-17)8-9-24(18)21(31)29(23(33)34-24)14-20(30)28-11-3-5-19(28)16-4-2-10-26-13-16/h2,4,6-7,10,12-13,19H,3,5,8-9,11,14H2,1H3,(H2,25,27,32)/t19-,24+/m0/s1. The summed E-state index contributed by atoms with van der Waals surface area (Å²) in [5.41, 5.74) is 1.50. The Hall–Kier alpha value is -3.95. The van der Waals surface area contributed by atoms with Crippen LogP contribution in [-0.4, -0.2) is 58.9 Å². The summed E-state index contributed by atoms with van der Waals surface area (Å²) in [6.07, 6.45) is 5.06. The number of pyridine rings is 1. The van der Waals surface area contributed by atoms with Crippen molar-refractivity contribution in [3.8, 4) is 0 Å². The number of anilines is 1. The zero-order valence-corrected chi connectivity index (χ0v) is 18.7. The topological polar surface area (TPSA) is 121 Å². The normalized spacial score (nSPS) is 23.3. The number of benzene rings is 1. The molecule has 3 heterocycles. The smallest absolute Gasteiger partial charge is 0.418 e. The zero-order chi connectivity index (χ0) is 23.9.